The van der Waals surface area contributed by atoms with E-state index in [9.17, 15) is 27.9 Å². The van der Waals surface area contributed by atoms with E-state index in [0.717, 1.165) is 17.0 Å². The average molecular weight is 300 g/mol. The van der Waals surface area contributed by atoms with Gasteiger partial charge in [0.2, 0.25) is 5.91 Å². The molecule has 0 saturated heterocycles. The molecule has 0 saturated carbocycles. The Morgan fingerprint density at radius 2 is 2.05 bits per heavy atom. The summed E-state index contributed by atoms with van der Waals surface area (Å²) in [6.07, 6.45) is -4.51. The van der Waals surface area contributed by atoms with E-state index in [1.165, 1.54) is 12.1 Å². The highest BCUT2D eigenvalue weighted by molar-refractivity contribution is 6.03. The molecule has 1 heterocycles. The quantitative estimate of drug-likeness (QED) is 0.893. The number of carboxylic acids is 1. The molecule has 1 N–H and O–H groups in total. The summed E-state index contributed by atoms with van der Waals surface area (Å²) < 4.78 is 37.7. The molecule has 1 aromatic rings. The van der Waals surface area contributed by atoms with Crippen LogP contribution in [0.5, 0.6) is 0 Å². The number of hydrogen-bond acceptors (Lipinski definition) is 3. The Kier molecular flexibility index (Phi) is 3.63. The molecule has 0 unspecified atom stereocenters. The molecule has 1 aliphatic rings. The van der Waals surface area contributed by atoms with Gasteiger partial charge in [-0.2, -0.15) is 13.2 Å². The summed E-state index contributed by atoms with van der Waals surface area (Å²) in [7, 11) is 0. The highest BCUT2D eigenvalue weighted by Gasteiger charge is 2.31. The average Bonchev–Trinajstić information content (AvgIpc) is 2.67. The third kappa shape index (κ3) is 2.99. The first-order valence-electron chi connectivity index (χ1n) is 5.79. The van der Waals surface area contributed by atoms with E-state index in [1.807, 2.05) is 0 Å². The van der Waals surface area contributed by atoms with Crippen LogP contribution >= 0.6 is 0 Å². The topological polar surface area (TPSA) is 80.7 Å². The van der Waals surface area contributed by atoms with Crippen LogP contribution in [-0.4, -0.2) is 28.4 Å². The summed E-state index contributed by atoms with van der Waals surface area (Å²) >= 11 is 0. The van der Waals surface area contributed by atoms with Crippen molar-refractivity contribution < 1.29 is 33.0 Å². The number of carbonyl (C=O) groups excluding carboxylic acids is 1. The maximum atomic E-state index is 12.6. The molecule has 5 nitrogen and oxygen atoms in total. The molecule has 21 heavy (non-hydrogen) atoms. The van der Waals surface area contributed by atoms with Crippen molar-refractivity contribution in [2.75, 3.05) is 6.54 Å². The van der Waals surface area contributed by atoms with Crippen molar-refractivity contribution in [1.29, 1.82) is 0 Å². The van der Waals surface area contributed by atoms with Crippen molar-refractivity contribution in [2.45, 2.75) is 12.7 Å². The fourth-order valence-corrected chi connectivity index (χ4v) is 1.97. The Morgan fingerprint density at radius 1 is 1.38 bits per heavy atom. The normalized spacial score (nSPS) is 15.8. The number of halogens is 3. The Balaban J connectivity index is 2.18. The third-order valence-corrected chi connectivity index (χ3v) is 2.99. The summed E-state index contributed by atoms with van der Waals surface area (Å²) in [4.78, 5) is 23.2. The fourth-order valence-electron chi connectivity index (χ4n) is 1.97. The number of carboxylic acid groups (broad SMARTS) is 1. The SMILES string of the molecule is O=C(O)C1=C([O-])C(=O)N(Cc2cccc(C(F)(F)F)c2)C1. The predicted molar refractivity (Wildman–Crippen MR) is 61.5 cm³/mol. The van der Waals surface area contributed by atoms with E-state index in [0.29, 0.717) is 0 Å². The van der Waals surface area contributed by atoms with Gasteiger partial charge in [0.1, 0.15) is 0 Å². The Bertz CT molecular complexity index is 637. The summed E-state index contributed by atoms with van der Waals surface area (Å²) in [6.45, 7) is -0.672. The third-order valence-electron chi connectivity index (χ3n) is 2.99. The molecule has 1 aliphatic heterocycles. The van der Waals surface area contributed by atoms with Gasteiger partial charge in [-0.25, -0.2) is 4.79 Å². The molecule has 0 radical (unpaired) electrons. The molecule has 0 fully saturated rings. The highest BCUT2D eigenvalue weighted by atomic mass is 19.4. The predicted octanol–water partition coefficient (Wildman–Crippen LogP) is 0.747. The minimum Gasteiger partial charge on any atom is -0.868 e. The fraction of sp³-hybridized carbons (Fsp3) is 0.231. The molecule has 0 aliphatic carbocycles. The molecule has 8 heteroatoms. The number of rotatable bonds is 3. The van der Waals surface area contributed by atoms with Crippen LogP contribution in [0.1, 0.15) is 11.1 Å². The van der Waals surface area contributed by atoms with Crippen LogP contribution in [0.4, 0.5) is 13.2 Å². The van der Waals surface area contributed by atoms with Crippen molar-refractivity contribution in [3.05, 3.63) is 46.7 Å². The van der Waals surface area contributed by atoms with Gasteiger partial charge in [-0.15, -0.1) is 0 Å². The molecular formula is C13H9F3NO4-. The number of benzene rings is 1. The monoisotopic (exact) mass is 300 g/mol. The Morgan fingerprint density at radius 3 is 2.57 bits per heavy atom. The first kappa shape index (κ1) is 14.9. The Labute approximate surface area is 116 Å². The second kappa shape index (κ2) is 5.12. The van der Waals surface area contributed by atoms with Gasteiger partial charge in [-0.3, -0.25) is 4.79 Å². The molecule has 1 aromatic carbocycles. The van der Waals surface area contributed by atoms with Crippen LogP contribution in [0.15, 0.2) is 35.6 Å². The van der Waals surface area contributed by atoms with Crippen molar-refractivity contribution in [3.63, 3.8) is 0 Å². The first-order chi connectivity index (χ1) is 9.70. The first-order valence-corrected chi connectivity index (χ1v) is 5.79. The molecule has 0 atom stereocenters. The van der Waals surface area contributed by atoms with Gasteiger partial charge in [-0.05, 0) is 23.5 Å². The lowest BCUT2D eigenvalue weighted by molar-refractivity contribution is -0.299. The number of aliphatic carboxylic acids is 1. The van der Waals surface area contributed by atoms with Crippen LogP contribution < -0.4 is 5.11 Å². The van der Waals surface area contributed by atoms with E-state index >= 15 is 0 Å². The van der Waals surface area contributed by atoms with Gasteiger partial charge in [0.05, 0.1) is 17.7 Å². The van der Waals surface area contributed by atoms with Crippen molar-refractivity contribution in [2.24, 2.45) is 0 Å². The van der Waals surface area contributed by atoms with E-state index < -0.39 is 41.5 Å². The van der Waals surface area contributed by atoms with Gasteiger partial charge in [-0.1, -0.05) is 12.1 Å². The summed E-state index contributed by atoms with van der Waals surface area (Å²) in [5, 5.41) is 20.1. The maximum absolute atomic E-state index is 12.6. The molecule has 0 spiro atoms. The molecule has 2 rings (SSSR count). The second-order valence-corrected chi connectivity index (χ2v) is 4.47. The highest BCUT2D eigenvalue weighted by Crippen LogP contribution is 2.30. The standard InChI is InChI=1S/C13H10F3NO4/c14-13(15,16)8-3-1-2-7(4-8)5-17-6-9(12(20)21)10(18)11(17)19/h1-4,18H,5-6H2,(H,20,21)/p-1. The zero-order valence-electron chi connectivity index (χ0n) is 10.5. The molecular weight excluding hydrogens is 291 g/mol. The lowest BCUT2D eigenvalue weighted by Gasteiger charge is -2.18. The van der Waals surface area contributed by atoms with Crippen molar-refractivity contribution in [1.82, 2.24) is 4.90 Å². The number of alkyl halides is 3. The van der Waals surface area contributed by atoms with E-state index in [2.05, 4.69) is 0 Å². The van der Waals surface area contributed by atoms with Gasteiger partial charge < -0.3 is 15.1 Å². The number of amides is 1. The zero-order valence-corrected chi connectivity index (χ0v) is 10.5. The van der Waals surface area contributed by atoms with Crippen LogP contribution in [0.2, 0.25) is 0 Å². The number of carbonyl (C=O) groups is 2. The summed E-state index contributed by atoms with van der Waals surface area (Å²) in [6, 6.07) is 4.29. The van der Waals surface area contributed by atoms with E-state index in [-0.39, 0.29) is 12.1 Å². The van der Waals surface area contributed by atoms with Crippen LogP contribution in [0.3, 0.4) is 0 Å². The second-order valence-electron chi connectivity index (χ2n) is 4.47. The van der Waals surface area contributed by atoms with Crippen LogP contribution in [-0.2, 0) is 22.3 Å². The minimum atomic E-state index is -4.51. The van der Waals surface area contributed by atoms with E-state index in [4.69, 9.17) is 5.11 Å². The smallest absolute Gasteiger partial charge is 0.416 e. The Hall–Kier alpha value is -2.51. The van der Waals surface area contributed by atoms with Gasteiger partial charge >= 0.3 is 12.1 Å². The van der Waals surface area contributed by atoms with Gasteiger partial charge in [0.25, 0.3) is 0 Å². The maximum Gasteiger partial charge on any atom is 0.416 e. The number of hydrogen-bond donors (Lipinski definition) is 1. The molecule has 0 bridgehead atoms. The molecule has 0 aromatic heterocycles. The minimum absolute atomic E-state index is 0.164. The molecule has 112 valence electrons. The van der Waals surface area contributed by atoms with Crippen LogP contribution in [0.25, 0.3) is 0 Å². The van der Waals surface area contributed by atoms with E-state index in [1.54, 1.807) is 0 Å². The van der Waals surface area contributed by atoms with Crippen molar-refractivity contribution >= 4 is 11.9 Å². The largest absolute Gasteiger partial charge is 0.868 e. The molecule has 1 amide bonds. The van der Waals surface area contributed by atoms with Gasteiger partial charge in [0.15, 0.2) is 0 Å². The van der Waals surface area contributed by atoms with Crippen LogP contribution in [0, 0.1) is 0 Å². The lowest BCUT2D eigenvalue weighted by atomic mass is 10.1. The number of nitrogens with zero attached hydrogens (tertiary/aromatic N) is 1. The summed E-state index contributed by atoms with van der Waals surface area (Å²) in [5.74, 6) is -3.65. The lowest BCUT2D eigenvalue weighted by Crippen LogP contribution is -2.29. The summed E-state index contributed by atoms with van der Waals surface area (Å²) in [5.41, 5.74) is -1.29. The zero-order chi connectivity index (χ0) is 15.8. The van der Waals surface area contributed by atoms with Crippen molar-refractivity contribution in [3.8, 4) is 0 Å². The van der Waals surface area contributed by atoms with Gasteiger partial charge in [0, 0.05) is 6.54 Å².